The van der Waals surface area contributed by atoms with Gasteiger partial charge in [0.15, 0.2) is 0 Å². The quantitative estimate of drug-likeness (QED) is 0.328. The minimum Gasteiger partial charge on any atom is -0.301 e. The van der Waals surface area contributed by atoms with Crippen LogP contribution in [0.2, 0.25) is 0 Å². The van der Waals surface area contributed by atoms with E-state index in [4.69, 9.17) is 0 Å². The molecule has 1 fully saturated rings. The molecule has 170 valence electrons. The average Bonchev–Trinajstić information content (AvgIpc) is 2.83. The van der Waals surface area contributed by atoms with Crippen LogP contribution in [0.4, 0.5) is 0 Å². The second-order valence-corrected chi connectivity index (χ2v) is 9.43. The molecule has 0 aromatic heterocycles. The summed E-state index contributed by atoms with van der Waals surface area (Å²) in [5.74, 6) is 1.43. The summed E-state index contributed by atoms with van der Waals surface area (Å²) in [5, 5.41) is 0. The van der Waals surface area contributed by atoms with E-state index in [0.29, 0.717) is 5.92 Å². The molecule has 1 heterocycles. The Morgan fingerprint density at radius 3 is 1.81 bits per heavy atom. The zero-order valence-corrected chi connectivity index (χ0v) is 20.0. The monoisotopic (exact) mass is 420 g/mol. The molecule has 0 radical (unpaired) electrons. The summed E-state index contributed by atoms with van der Waals surface area (Å²) in [4.78, 5) is 5.41. The van der Waals surface area contributed by atoms with E-state index in [0.717, 1.165) is 5.92 Å². The van der Waals surface area contributed by atoms with Gasteiger partial charge in [0.2, 0.25) is 0 Å². The van der Waals surface area contributed by atoms with Crippen molar-refractivity contribution in [3.05, 3.63) is 71.8 Å². The molecule has 1 unspecified atom stereocenters. The van der Waals surface area contributed by atoms with Crippen LogP contribution in [0, 0.1) is 5.92 Å². The summed E-state index contributed by atoms with van der Waals surface area (Å²) < 4.78 is 0. The molecular formula is C29H44N2. The Balaban J connectivity index is 1.36. The first-order valence-corrected chi connectivity index (χ1v) is 12.8. The third kappa shape index (κ3) is 8.09. The predicted octanol–water partition coefficient (Wildman–Crippen LogP) is 6.82. The van der Waals surface area contributed by atoms with Crippen LogP contribution in [0.1, 0.15) is 75.8 Å². The van der Waals surface area contributed by atoms with Crippen molar-refractivity contribution in [2.75, 3.05) is 39.3 Å². The summed E-state index contributed by atoms with van der Waals surface area (Å²) in [6.07, 6.45) is 9.29. The third-order valence-electron chi connectivity index (χ3n) is 7.13. The molecule has 2 heteroatoms. The highest BCUT2D eigenvalue weighted by molar-refractivity contribution is 5.32. The summed E-state index contributed by atoms with van der Waals surface area (Å²) in [7, 11) is 0. The lowest BCUT2D eigenvalue weighted by molar-refractivity contribution is 0.113. The van der Waals surface area contributed by atoms with E-state index in [1.807, 2.05) is 0 Å². The number of unbranched alkanes of at least 4 members (excludes halogenated alkanes) is 2. The Bertz CT molecular complexity index is 652. The number of hydrogen-bond acceptors (Lipinski definition) is 2. The zero-order valence-electron chi connectivity index (χ0n) is 20.0. The van der Waals surface area contributed by atoms with Gasteiger partial charge in [0.1, 0.15) is 0 Å². The fourth-order valence-corrected chi connectivity index (χ4v) is 5.15. The number of nitrogens with zero attached hydrogens (tertiary/aromatic N) is 2. The van der Waals surface area contributed by atoms with E-state index in [-0.39, 0.29) is 0 Å². The Kier molecular flexibility index (Phi) is 10.6. The van der Waals surface area contributed by atoms with Crippen LogP contribution in [0.5, 0.6) is 0 Å². The Labute approximate surface area is 191 Å². The van der Waals surface area contributed by atoms with Crippen LogP contribution in [0.25, 0.3) is 0 Å². The Morgan fingerprint density at radius 2 is 1.26 bits per heavy atom. The number of hydrogen-bond donors (Lipinski definition) is 0. The van der Waals surface area contributed by atoms with Gasteiger partial charge in [0.25, 0.3) is 0 Å². The van der Waals surface area contributed by atoms with Crippen LogP contribution in [0.3, 0.4) is 0 Å². The van der Waals surface area contributed by atoms with Gasteiger partial charge >= 0.3 is 0 Å². The molecule has 1 aliphatic rings. The maximum absolute atomic E-state index is 2.71. The first-order valence-electron chi connectivity index (χ1n) is 12.8. The highest BCUT2D eigenvalue weighted by Gasteiger charge is 2.19. The highest BCUT2D eigenvalue weighted by Crippen LogP contribution is 2.29. The van der Waals surface area contributed by atoms with Gasteiger partial charge in [-0.25, -0.2) is 0 Å². The normalized spacial score (nSPS) is 16.6. The fraction of sp³-hybridized carbons (Fsp3) is 0.586. The molecule has 1 saturated heterocycles. The van der Waals surface area contributed by atoms with Gasteiger partial charge in [-0.05, 0) is 42.9 Å². The van der Waals surface area contributed by atoms with Crippen LogP contribution < -0.4 is 0 Å². The fourth-order valence-electron chi connectivity index (χ4n) is 5.15. The smallest absolute Gasteiger partial charge is 0.0110 e. The van der Waals surface area contributed by atoms with Crippen molar-refractivity contribution in [1.82, 2.24) is 9.80 Å². The second-order valence-electron chi connectivity index (χ2n) is 9.43. The summed E-state index contributed by atoms with van der Waals surface area (Å²) >= 11 is 0. The molecule has 0 bridgehead atoms. The lowest BCUT2D eigenvalue weighted by Crippen LogP contribution is -2.47. The van der Waals surface area contributed by atoms with E-state index in [2.05, 4.69) is 84.3 Å². The maximum atomic E-state index is 2.71. The third-order valence-corrected chi connectivity index (χ3v) is 7.13. The van der Waals surface area contributed by atoms with Gasteiger partial charge in [0, 0.05) is 38.6 Å². The number of rotatable bonds is 13. The zero-order chi connectivity index (χ0) is 21.7. The minimum absolute atomic E-state index is 0.528. The van der Waals surface area contributed by atoms with Crippen molar-refractivity contribution in [2.24, 2.45) is 5.92 Å². The molecular weight excluding hydrogens is 376 g/mol. The van der Waals surface area contributed by atoms with Gasteiger partial charge in [-0.2, -0.15) is 0 Å². The van der Waals surface area contributed by atoms with E-state index >= 15 is 0 Å². The van der Waals surface area contributed by atoms with Crippen LogP contribution in [0.15, 0.2) is 60.7 Å². The largest absolute Gasteiger partial charge is 0.301 e. The number of benzene rings is 2. The number of piperazine rings is 1. The van der Waals surface area contributed by atoms with E-state index < -0.39 is 0 Å². The molecule has 0 saturated carbocycles. The van der Waals surface area contributed by atoms with E-state index in [9.17, 15) is 0 Å². The molecule has 2 aromatic rings. The summed E-state index contributed by atoms with van der Waals surface area (Å²) in [6.45, 7) is 12.3. The van der Waals surface area contributed by atoms with E-state index in [1.165, 1.54) is 95.3 Å². The molecule has 1 atom stereocenters. The first kappa shape index (κ1) is 24.0. The van der Waals surface area contributed by atoms with Gasteiger partial charge in [-0.1, -0.05) is 100 Å². The van der Waals surface area contributed by atoms with Crippen LogP contribution in [-0.2, 0) is 0 Å². The van der Waals surface area contributed by atoms with Crippen molar-refractivity contribution < 1.29 is 0 Å². The van der Waals surface area contributed by atoms with Gasteiger partial charge in [-0.3, -0.25) is 0 Å². The van der Waals surface area contributed by atoms with Crippen molar-refractivity contribution in [1.29, 1.82) is 0 Å². The highest BCUT2D eigenvalue weighted by atomic mass is 15.3. The van der Waals surface area contributed by atoms with Crippen molar-refractivity contribution in [2.45, 2.75) is 64.7 Å². The van der Waals surface area contributed by atoms with Crippen LogP contribution in [-0.4, -0.2) is 49.1 Å². The maximum Gasteiger partial charge on any atom is 0.0110 e. The Morgan fingerprint density at radius 1 is 0.677 bits per heavy atom. The molecule has 31 heavy (non-hydrogen) atoms. The molecule has 0 spiro atoms. The van der Waals surface area contributed by atoms with Gasteiger partial charge in [-0.15, -0.1) is 0 Å². The average molecular weight is 421 g/mol. The molecule has 2 nitrogen and oxygen atoms in total. The Hall–Kier alpha value is -1.64. The molecule has 0 amide bonds. The lowest BCUT2D eigenvalue weighted by atomic mass is 9.87. The van der Waals surface area contributed by atoms with Crippen molar-refractivity contribution >= 4 is 0 Å². The van der Waals surface area contributed by atoms with Crippen LogP contribution >= 0.6 is 0 Å². The van der Waals surface area contributed by atoms with Gasteiger partial charge < -0.3 is 9.80 Å². The molecule has 0 N–H and O–H groups in total. The summed E-state index contributed by atoms with van der Waals surface area (Å²) in [5.41, 5.74) is 2.91. The van der Waals surface area contributed by atoms with E-state index in [1.54, 1.807) is 0 Å². The standard InChI is InChI=1S/C29H44N2/c1-3-14-26(4-2)25-31-23-21-30(22-24-31)20-13-7-12-19-29(27-15-8-5-9-16-27)28-17-10-6-11-18-28/h5-6,8-11,15-18,26,29H,3-4,7,12-14,19-25H2,1-2H3. The molecule has 2 aromatic carbocycles. The SMILES string of the molecule is CCCC(CC)CN1CCN(CCCCCC(c2ccccc2)c2ccccc2)CC1. The first-order chi connectivity index (χ1) is 15.3. The van der Waals surface area contributed by atoms with Crippen molar-refractivity contribution in [3.63, 3.8) is 0 Å². The molecule has 3 rings (SSSR count). The lowest BCUT2D eigenvalue weighted by Gasteiger charge is -2.36. The van der Waals surface area contributed by atoms with Gasteiger partial charge in [0.05, 0.1) is 0 Å². The second kappa shape index (κ2) is 13.7. The predicted molar refractivity (Wildman–Crippen MR) is 135 cm³/mol. The molecule has 1 aliphatic heterocycles. The summed E-state index contributed by atoms with van der Waals surface area (Å²) in [6, 6.07) is 22.1. The van der Waals surface area contributed by atoms with Crippen molar-refractivity contribution in [3.8, 4) is 0 Å². The molecule has 0 aliphatic carbocycles. The minimum atomic E-state index is 0.528. The topological polar surface area (TPSA) is 6.48 Å².